The third-order valence-corrected chi connectivity index (χ3v) is 5.73. The molecule has 0 bridgehead atoms. The molecule has 4 N–H and O–H groups in total. The summed E-state index contributed by atoms with van der Waals surface area (Å²) in [6, 6.07) is 13.1. The second kappa shape index (κ2) is 10.5. The highest BCUT2D eigenvalue weighted by molar-refractivity contribution is 6.06. The average Bonchev–Trinajstić information content (AvgIpc) is 3.33. The van der Waals surface area contributed by atoms with Crippen molar-refractivity contribution in [3.05, 3.63) is 59.2 Å². The van der Waals surface area contributed by atoms with Crippen LogP contribution in [0.4, 0.5) is 11.4 Å². The Morgan fingerprint density at radius 3 is 2.70 bits per heavy atom. The summed E-state index contributed by atoms with van der Waals surface area (Å²) in [7, 11) is 0. The monoisotopic (exact) mass is 449 g/mol. The minimum atomic E-state index is -0.189. The number of carbonyl (C=O) groups is 2. The number of aliphatic imine (C=N–C) groups is 1. The fourth-order valence-corrected chi connectivity index (χ4v) is 3.90. The molecular weight excluding hydrogens is 418 g/mol. The van der Waals surface area contributed by atoms with Crippen LogP contribution in [0, 0.1) is 0 Å². The molecule has 2 aromatic carbocycles. The molecule has 8 heteroatoms. The third-order valence-electron chi connectivity index (χ3n) is 5.73. The molecule has 2 aliphatic rings. The summed E-state index contributed by atoms with van der Waals surface area (Å²) >= 11 is 0. The molecule has 0 spiro atoms. The van der Waals surface area contributed by atoms with Crippen molar-refractivity contribution in [2.45, 2.75) is 38.6 Å². The number of carbonyl (C=O) groups excluding carboxylic acids is 2. The van der Waals surface area contributed by atoms with Gasteiger partial charge in [0, 0.05) is 42.2 Å². The normalized spacial score (nSPS) is 17.8. The van der Waals surface area contributed by atoms with Gasteiger partial charge in [-0.1, -0.05) is 19.9 Å². The van der Waals surface area contributed by atoms with Gasteiger partial charge < -0.3 is 20.7 Å². The van der Waals surface area contributed by atoms with Crippen LogP contribution in [-0.2, 0) is 4.74 Å². The zero-order chi connectivity index (χ0) is 23.2. The molecule has 4 rings (SSSR count). The molecule has 174 valence electrons. The number of benzene rings is 2. The molecule has 2 amide bonds. The summed E-state index contributed by atoms with van der Waals surface area (Å²) in [4.78, 5) is 29.6. The Labute approximate surface area is 194 Å². The van der Waals surface area contributed by atoms with E-state index in [1.807, 2.05) is 30.3 Å². The van der Waals surface area contributed by atoms with Crippen molar-refractivity contribution >= 4 is 29.1 Å². The summed E-state index contributed by atoms with van der Waals surface area (Å²) in [6.07, 6.45) is 1.81. The smallest absolute Gasteiger partial charge is 0.257 e. The fourth-order valence-electron chi connectivity index (χ4n) is 3.90. The Kier molecular flexibility index (Phi) is 7.24. The van der Waals surface area contributed by atoms with E-state index in [4.69, 9.17) is 4.74 Å². The van der Waals surface area contributed by atoms with E-state index >= 15 is 0 Å². The molecule has 0 saturated carbocycles. The van der Waals surface area contributed by atoms with Crippen molar-refractivity contribution < 1.29 is 14.3 Å². The molecule has 2 heterocycles. The first kappa shape index (κ1) is 22.8. The van der Waals surface area contributed by atoms with Crippen LogP contribution in [0.2, 0.25) is 0 Å². The second-order valence-corrected chi connectivity index (χ2v) is 8.66. The fraction of sp³-hybridized carbons (Fsp3) is 0.400. The van der Waals surface area contributed by atoms with Crippen LogP contribution >= 0.6 is 0 Å². The van der Waals surface area contributed by atoms with Gasteiger partial charge in [0.2, 0.25) is 0 Å². The Morgan fingerprint density at radius 1 is 1.12 bits per heavy atom. The number of amides is 2. The third kappa shape index (κ3) is 5.90. The molecule has 8 nitrogen and oxygen atoms in total. The van der Waals surface area contributed by atoms with E-state index in [-0.39, 0.29) is 23.8 Å². The Balaban J connectivity index is 1.48. The highest BCUT2D eigenvalue weighted by Gasteiger charge is 2.19. The first-order valence-electron chi connectivity index (χ1n) is 11.5. The van der Waals surface area contributed by atoms with E-state index in [1.165, 1.54) is 0 Å². The van der Waals surface area contributed by atoms with Crippen molar-refractivity contribution in [1.29, 1.82) is 0 Å². The van der Waals surface area contributed by atoms with Crippen LogP contribution in [-0.4, -0.2) is 50.1 Å². The number of nitrogens with one attached hydrogen (secondary N) is 4. The van der Waals surface area contributed by atoms with Crippen LogP contribution in [0.5, 0.6) is 0 Å². The maximum Gasteiger partial charge on any atom is 0.257 e. The summed E-state index contributed by atoms with van der Waals surface area (Å²) < 4.78 is 5.34. The van der Waals surface area contributed by atoms with E-state index < -0.39 is 0 Å². The number of anilines is 2. The van der Waals surface area contributed by atoms with Crippen LogP contribution in [0.1, 0.15) is 58.9 Å². The maximum atomic E-state index is 12.7. The molecule has 0 radical (unpaired) electrons. The molecular formula is C25H31N5O3. The summed E-state index contributed by atoms with van der Waals surface area (Å²) in [5.41, 5.74) is 3.89. The maximum absolute atomic E-state index is 12.7. The van der Waals surface area contributed by atoms with Crippen molar-refractivity contribution in [1.82, 2.24) is 16.0 Å². The lowest BCUT2D eigenvalue weighted by Gasteiger charge is -2.18. The number of hydrogen-bond acceptors (Lipinski definition) is 6. The average molecular weight is 450 g/mol. The van der Waals surface area contributed by atoms with Crippen molar-refractivity contribution in [2.75, 3.05) is 31.6 Å². The number of rotatable bonds is 6. The van der Waals surface area contributed by atoms with Gasteiger partial charge in [0.05, 0.1) is 12.6 Å². The van der Waals surface area contributed by atoms with Crippen LogP contribution in [0.3, 0.4) is 0 Å². The van der Waals surface area contributed by atoms with Crippen LogP contribution in [0.15, 0.2) is 47.5 Å². The van der Waals surface area contributed by atoms with Gasteiger partial charge in [0.15, 0.2) is 5.96 Å². The van der Waals surface area contributed by atoms with Gasteiger partial charge in [-0.2, -0.15) is 0 Å². The largest absolute Gasteiger partial charge is 0.379 e. The van der Waals surface area contributed by atoms with E-state index in [2.05, 4.69) is 40.1 Å². The zero-order valence-corrected chi connectivity index (χ0v) is 19.1. The van der Waals surface area contributed by atoms with E-state index in [1.54, 1.807) is 12.1 Å². The lowest BCUT2D eigenvalue weighted by Crippen LogP contribution is -2.43. The quantitative estimate of drug-likeness (QED) is 0.542. The molecule has 2 aromatic rings. The van der Waals surface area contributed by atoms with Crippen LogP contribution < -0.4 is 21.3 Å². The lowest BCUT2D eigenvalue weighted by atomic mass is 9.98. The van der Waals surface area contributed by atoms with E-state index in [0.29, 0.717) is 36.8 Å². The van der Waals surface area contributed by atoms with Crippen LogP contribution in [0.25, 0.3) is 0 Å². The van der Waals surface area contributed by atoms with E-state index in [9.17, 15) is 9.59 Å². The highest BCUT2D eigenvalue weighted by Crippen LogP contribution is 2.29. The van der Waals surface area contributed by atoms with Crippen molar-refractivity contribution in [2.24, 2.45) is 4.99 Å². The lowest BCUT2D eigenvalue weighted by molar-refractivity contribution is 0.0928. The van der Waals surface area contributed by atoms with Crippen molar-refractivity contribution in [3.63, 3.8) is 0 Å². The minimum Gasteiger partial charge on any atom is -0.379 e. The number of ether oxygens (including phenoxy) is 1. The summed E-state index contributed by atoms with van der Waals surface area (Å²) in [6.45, 7) is 6.94. The minimum absolute atomic E-state index is 0.0649. The van der Waals surface area contributed by atoms with Gasteiger partial charge >= 0.3 is 0 Å². The number of guanidine groups is 1. The van der Waals surface area contributed by atoms with Gasteiger partial charge in [-0.15, -0.1) is 0 Å². The number of nitrogens with zero attached hydrogens (tertiary/aromatic N) is 1. The molecule has 0 aromatic heterocycles. The molecule has 1 atom stereocenters. The van der Waals surface area contributed by atoms with Crippen molar-refractivity contribution in [3.8, 4) is 0 Å². The molecule has 33 heavy (non-hydrogen) atoms. The van der Waals surface area contributed by atoms with E-state index in [0.717, 1.165) is 36.3 Å². The first-order chi connectivity index (χ1) is 16.0. The highest BCUT2D eigenvalue weighted by atomic mass is 16.5. The SMILES string of the molecule is CC(C)c1cc(C(=O)NC2=NCCCN2)ccc1Nc1cccc(C(=O)NC2CCOC2)c1. The summed E-state index contributed by atoms with van der Waals surface area (Å²) in [5.74, 6) is 0.425. The summed E-state index contributed by atoms with van der Waals surface area (Å²) in [5, 5.41) is 12.4. The molecule has 1 unspecified atom stereocenters. The van der Waals surface area contributed by atoms with Gasteiger partial charge in [-0.05, 0) is 60.7 Å². The molecule has 0 aliphatic carbocycles. The Bertz CT molecular complexity index is 1040. The topological polar surface area (TPSA) is 104 Å². The Morgan fingerprint density at radius 2 is 1.97 bits per heavy atom. The second-order valence-electron chi connectivity index (χ2n) is 8.66. The van der Waals surface area contributed by atoms with Gasteiger partial charge in [0.1, 0.15) is 0 Å². The first-order valence-corrected chi connectivity index (χ1v) is 11.5. The van der Waals surface area contributed by atoms with Gasteiger partial charge in [-0.25, -0.2) is 0 Å². The molecule has 2 aliphatic heterocycles. The predicted molar refractivity (Wildman–Crippen MR) is 129 cm³/mol. The van der Waals surface area contributed by atoms with Gasteiger partial charge in [0.25, 0.3) is 11.8 Å². The molecule has 1 fully saturated rings. The standard InChI is InChI=1S/C25H31N5O3/c1-16(2)21-14-18(24(32)30-25-26-10-4-11-27-25)7-8-22(21)28-19-6-3-5-17(13-19)23(31)29-20-9-12-33-15-20/h3,5-8,13-14,16,20,28H,4,9-12,15H2,1-2H3,(H,29,31)(H2,26,27,30,32). The predicted octanol–water partition coefficient (Wildman–Crippen LogP) is 3.15. The molecule has 1 saturated heterocycles. The Hall–Kier alpha value is -3.39. The van der Waals surface area contributed by atoms with Gasteiger partial charge in [-0.3, -0.25) is 19.9 Å². The number of hydrogen-bond donors (Lipinski definition) is 4. The zero-order valence-electron chi connectivity index (χ0n) is 19.1.